The van der Waals surface area contributed by atoms with E-state index in [1.807, 2.05) is 0 Å². The molecule has 1 aromatic carbocycles. The maximum atomic E-state index is 12.7. The van der Waals surface area contributed by atoms with Crippen LogP contribution in [0.1, 0.15) is 18.4 Å². The Morgan fingerprint density at radius 1 is 1.26 bits per heavy atom. The normalized spacial score (nSPS) is 34.6. The number of ether oxygens (including phenoxy) is 1. The molecule has 0 radical (unpaired) electrons. The molecule has 1 saturated heterocycles. The number of fused-ring (bicyclic) bond motifs is 1. The first-order valence-electron chi connectivity index (χ1n) is 7.53. The second-order valence-corrected chi connectivity index (χ2v) is 6.49. The van der Waals surface area contributed by atoms with Crippen LogP contribution in [0.5, 0.6) is 0 Å². The number of hydrogen-bond acceptors (Lipinski definition) is 3. The highest BCUT2D eigenvalue weighted by atomic mass is 19.4. The fourth-order valence-corrected chi connectivity index (χ4v) is 4.36. The third-order valence-corrected chi connectivity index (χ3v) is 5.24. The van der Waals surface area contributed by atoms with E-state index >= 15 is 0 Å². The number of amides is 1. The number of anilines is 1. The number of nitrogens with one attached hydrogen (secondary N) is 1. The zero-order valence-electron chi connectivity index (χ0n) is 12.0. The summed E-state index contributed by atoms with van der Waals surface area (Å²) in [6.45, 7) is 0. The molecule has 1 heterocycles. The summed E-state index contributed by atoms with van der Waals surface area (Å²) < 4.78 is 43.5. The van der Waals surface area contributed by atoms with E-state index in [0.29, 0.717) is 6.42 Å². The molecule has 0 aromatic heterocycles. The van der Waals surface area contributed by atoms with Crippen molar-refractivity contribution in [3.8, 4) is 0 Å². The van der Waals surface area contributed by atoms with Crippen molar-refractivity contribution in [3.05, 3.63) is 29.8 Å². The van der Waals surface area contributed by atoms with Gasteiger partial charge in [-0.05, 0) is 37.0 Å². The lowest BCUT2D eigenvalue weighted by Gasteiger charge is -2.23. The Morgan fingerprint density at radius 2 is 2.04 bits per heavy atom. The molecule has 5 atom stereocenters. The van der Waals surface area contributed by atoms with Crippen molar-refractivity contribution in [2.75, 3.05) is 5.32 Å². The molecule has 0 unspecified atom stereocenters. The van der Waals surface area contributed by atoms with Crippen molar-refractivity contribution >= 4 is 17.6 Å². The largest absolute Gasteiger partial charge is 0.462 e. The van der Waals surface area contributed by atoms with E-state index < -0.39 is 23.6 Å². The summed E-state index contributed by atoms with van der Waals surface area (Å²) in [7, 11) is 0. The predicted octanol–water partition coefficient (Wildman–Crippen LogP) is 2.84. The molecular weight excluding hydrogens is 311 g/mol. The predicted molar refractivity (Wildman–Crippen MR) is 73.1 cm³/mol. The second kappa shape index (κ2) is 4.72. The average Bonchev–Trinajstić information content (AvgIpc) is 3.08. The molecule has 1 amide bonds. The summed E-state index contributed by atoms with van der Waals surface area (Å²) in [5.74, 6) is -1.51. The van der Waals surface area contributed by atoms with Crippen molar-refractivity contribution < 1.29 is 27.5 Å². The molecular formula is C16H14F3NO3. The van der Waals surface area contributed by atoms with E-state index in [2.05, 4.69) is 5.32 Å². The molecule has 23 heavy (non-hydrogen) atoms. The fraction of sp³-hybridized carbons (Fsp3) is 0.500. The number of benzene rings is 1. The molecule has 4 nitrogen and oxygen atoms in total. The molecule has 2 bridgehead atoms. The van der Waals surface area contributed by atoms with Crippen LogP contribution >= 0.6 is 0 Å². The van der Waals surface area contributed by atoms with Gasteiger partial charge < -0.3 is 10.1 Å². The number of hydrogen-bond donors (Lipinski definition) is 1. The Balaban J connectivity index is 1.54. The van der Waals surface area contributed by atoms with Gasteiger partial charge in [0.2, 0.25) is 5.91 Å². The SMILES string of the molecule is O=C1O[C@H]2C[C@H]3C[C@H]2[C@@H]1[C@H]3C(=O)Nc1cccc(C(F)(F)F)c1. The van der Waals surface area contributed by atoms with Gasteiger partial charge in [-0.2, -0.15) is 13.2 Å². The number of esters is 1. The fourth-order valence-electron chi connectivity index (χ4n) is 4.36. The molecule has 122 valence electrons. The smallest absolute Gasteiger partial charge is 0.416 e. The number of carbonyl (C=O) groups is 2. The highest BCUT2D eigenvalue weighted by molar-refractivity contribution is 5.97. The molecule has 1 aromatic rings. The molecule has 1 N–H and O–H groups in total. The van der Waals surface area contributed by atoms with Crippen molar-refractivity contribution in [2.45, 2.75) is 25.1 Å². The summed E-state index contributed by atoms with van der Waals surface area (Å²) in [6, 6.07) is 4.52. The van der Waals surface area contributed by atoms with E-state index in [-0.39, 0.29) is 35.5 Å². The van der Waals surface area contributed by atoms with Crippen molar-refractivity contribution in [3.63, 3.8) is 0 Å². The summed E-state index contributed by atoms with van der Waals surface area (Å²) in [5, 5.41) is 2.54. The maximum absolute atomic E-state index is 12.7. The van der Waals surface area contributed by atoms with Crippen molar-refractivity contribution in [1.29, 1.82) is 0 Å². The van der Waals surface area contributed by atoms with Crippen LogP contribution in [0.4, 0.5) is 18.9 Å². The second-order valence-electron chi connectivity index (χ2n) is 6.49. The average molecular weight is 325 g/mol. The monoisotopic (exact) mass is 325 g/mol. The minimum Gasteiger partial charge on any atom is -0.462 e. The molecule has 2 aliphatic carbocycles. The van der Waals surface area contributed by atoms with Crippen LogP contribution in [0.3, 0.4) is 0 Å². The molecule has 1 aliphatic heterocycles. The van der Waals surface area contributed by atoms with Crippen molar-refractivity contribution in [2.24, 2.45) is 23.7 Å². The highest BCUT2D eigenvalue weighted by Gasteiger charge is 2.63. The molecule has 0 spiro atoms. The van der Waals surface area contributed by atoms with E-state index in [1.54, 1.807) is 0 Å². The lowest BCUT2D eigenvalue weighted by molar-refractivity contribution is -0.145. The number of alkyl halides is 3. The summed E-state index contributed by atoms with van der Waals surface area (Å²) in [4.78, 5) is 24.4. The zero-order valence-corrected chi connectivity index (χ0v) is 12.0. The number of rotatable bonds is 2. The standard InChI is InChI=1S/C16H14F3NO3/c17-16(18,19)8-2-1-3-9(6-8)20-14(21)12-7-4-10-11(5-7)23-15(22)13(10)12/h1-3,6-7,10-13H,4-5H2,(H,20,21)/t7-,10-,11+,12+,13-/m1/s1. The third-order valence-electron chi connectivity index (χ3n) is 5.24. The molecule has 4 rings (SSSR count). The topological polar surface area (TPSA) is 55.4 Å². The van der Waals surface area contributed by atoms with Crippen LogP contribution in [0.25, 0.3) is 0 Å². The Morgan fingerprint density at radius 3 is 2.78 bits per heavy atom. The summed E-state index contributed by atoms with van der Waals surface area (Å²) in [5.41, 5.74) is -0.723. The molecule has 3 fully saturated rings. The van der Waals surface area contributed by atoms with E-state index in [4.69, 9.17) is 4.74 Å². The van der Waals surface area contributed by atoms with Gasteiger partial charge in [0, 0.05) is 11.6 Å². The van der Waals surface area contributed by atoms with Gasteiger partial charge in [-0.3, -0.25) is 9.59 Å². The molecule has 7 heteroatoms. The van der Waals surface area contributed by atoms with Crippen LogP contribution in [0.15, 0.2) is 24.3 Å². The van der Waals surface area contributed by atoms with Crippen LogP contribution in [-0.2, 0) is 20.5 Å². The maximum Gasteiger partial charge on any atom is 0.416 e. The van der Waals surface area contributed by atoms with Crippen LogP contribution in [0, 0.1) is 23.7 Å². The quantitative estimate of drug-likeness (QED) is 0.851. The summed E-state index contributed by atoms with van der Waals surface area (Å²) >= 11 is 0. The minimum atomic E-state index is -4.46. The van der Waals surface area contributed by atoms with Gasteiger partial charge in [0.25, 0.3) is 0 Å². The zero-order chi connectivity index (χ0) is 16.4. The Hall–Kier alpha value is -2.05. The van der Waals surface area contributed by atoms with Gasteiger partial charge in [-0.1, -0.05) is 6.07 Å². The van der Waals surface area contributed by atoms with E-state index in [9.17, 15) is 22.8 Å². The first-order chi connectivity index (χ1) is 10.8. The first kappa shape index (κ1) is 14.5. The van der Waals surface area contributed by atoms with Gasteiger partial charge in [-0.25, -0.2) is 0 Å². The Bertz CT molecular complexity index is 685. The lowest BCUT2D eigenvalue weighted by Crippen LogP contribution is -2.35. The Labute approximate surface area is 130 Å². The van der Waals surface area contributed by atoms with Crippen LogP contribution < -0.4 is 5.32 Å². The van der Waals surface area contributed by atoms with Crippen LogP contribution in [0.2, 0.25) is 0 Å². The van der Waals surface area contributed by atoms with Gasteiger partial charge >= 0.3 is 12.1 Å². The van der Waals surface area contributed by atoms with Gasteiger partial charge in [0.15, 0.2) is 0 Å². The summed E-state index contributed by atoms with van der Waals surface area (Å²) in [6.07, 6.45) is -3.08. The molecule has 2 saturated carbocycles. The Kier molecular flexibility index (Phi) is 2.98. The number of halogens is 3. The van der Waals surface area contributed by atoms with E-state index in [0.717, 1.165) is 18.6 Å². The highest BCUT2D eigenvalue weighted by Crippen LogP contribution is 2.57. The first-order valence-corrected chi connectivity index (χ1v) is 7.53. The van der Waals surface area contributed by atoms with Gasteiger partial charge in [0.05, 0.1) is 17.4 Å². The minimum absolute atomic E-state index is 0.0740. The van der Waals surface area contributed by atoms with E-state index in [1.165, 1.54) is 12.1 Å². The van der Waals surface area contributed by atoms with Crippen LogP contribution in [-0.4, -0.2) is 18.0 Å². The van der Waals surface area contributed by atoms with Gasteiger partial charge in [-0.15, -0.1) is 0 Å². The lowest BCUT2D eigenvalue weighted by atomic mass is 9.79. The van der Waals surface area contributed by atoms with Gasteiger partial charge in [0.1, 0.15) is 6.10 Å². The molecule has 3 aliphatic rings. The third kappa shape index (κ3) is 2.21. The number of carbonyl (C=O) groups excluding carboxylic acids is 2. The van der Waals surface area contributed by atoms with Crippen molar-refractivity contribution in [1.82, 2.24) is 0 Å².